The fourth-order valence-corrected chi connectivity index (χ4v) is 3.06. The Balaban J connectivity index is 2.04. The van der Waals surface area contributed by atoms with E-state index in [1.54, 1.807) is 7.11 Å². The van der Waals surface area contributed by atoms with Crippen molar-refractivity contribution in [1.82, 2.24) is 5.32 Å². The molecule has 130 valence electrons. The van der Waals surface area contributed by atoms with Gasteiger partial charge in [0.25, 0.3) is 0 Å². The molecule has 0 bridgehead atoms. The Kier molecular flexibility index (Phi) is 6.94. The summed E-state index contributed by atoms with van der Waals surface area (Å²) < 4.78 is 18.3. The highest BCUT2D eigenvalue weighted by Crippen LogP contribution is 2.35. The van der Waals surface area contributed by atoms with Gasteiger partial charge >= 0.3 is 0 Å². The number of halogens is 1. The van der Waals surface area contributed by atoms with Gasteiger partial charge in [-0.1, -0.05) is 34.1 Å². The average Bonchev–Trinajstić information content (AvgIpc) is 2.55. The average molecular weight is 394 g/mol. The first kappa shape index (κ1) is 18.6. The number of hydrogen-bond acceptors (Lipinski definition) is 4. The molecular weight excluding hydrogens is 370 g/mol. The number of aryl methyl sites for hydroxylation is 2. The van der Waals surface area contributed by atoms with Crippen molar-refractivity contribution in [3.63, 3.8) is 0 Å². The van der Waals surface area contributed by atoms with Gasteiger partial charge in [-0.2, -0.15) is 0 Å². The zero-order valence-corrected chi connectivity index (χ0v) is 16.2. The molecule has 0 heterocycles. The lowest BCUT2D eigenvalue weighted by atomic mass is 10.1. The van der Waals surface area contributed by atoms with Crippen LogP contribution >= 0.6 is 15.9 Å². The molecule has 1 N–H and O–H groups in total. The zero-order valence-electron chi connectivity index (χ0n) is 14.6. The van der Waals surface area contributed by atoms with Crippen molar-refractivity contribution in [3.8, 4) is 17.2 Å². The van der Waals surface area contributed by atoms with Crippen molar-refractivity contribution in [2.45, 2.75) is 20.4 Å². The molecule has 2 aromatic carbocycles. The van der Waals surface area contributed by atoms with E-state index >= 15 is 0 Å². The molecule has 0 aliphatic carbocycles. The number of methoxy groups -OCH3 is 1. The van der Waals surface area contributed by atoms with Gasteiger partial charge in [0, 0.05) is 16.6 Å². The van der Waals surface area contributed by atoms with Crippen LogP contribution in [-0.4, -0.2) is 27.4 Å². The Bertz CT molecular complexity index is 668. The number of nitrogens with one attached hydrogen (secondary N) is 1. The minimum absolute atomic E-state index is 0.447. The first-order valence-electron chi connectivity index (χ1n) is 7.89. The maximum absolute atomic E-state index is 5.96. The van der Waals surface area contributed by atoms with E-state index in [1.165, 1.54) is 0 Å². The normalized spacial score (nSPS) is 10.5. The second-order valence-electron chi connectivity index (χ2n) is 5.54. The third-order valence-corrected chi connectivity index (χ3v) is 4.13. The van der Waals surface area contributed by atoms with Crippen molar-refractivity contribution in [2.75, 3.05) is 27.4 Å². The summed E-state index contributed by atoms with van der Waals surface area (Å²) in [5, 5.41) is 3.15. The molecule has 0 aliphatic heterocycles. The van der Waals surface area contributed by atoms with Crippen molar-refractivity contribution in [2.24, 2.45) is 0 Å². The molecule has 0 amide bonds. The van der Waals surface area contributed by atoms with Gasteiger partial charge in [-0.05, 0) is 44.2 Å². The highest BCUT2D eigenvalue weighted by atomic mass is 79.9. The third kappa shape index (κ3) is 4.65. The molecule has 0 unspecified atom stereocenters. The van der Waals surface area contributed by atoms with Gasteiger partial charge in [0.2, 0.25) is 0 Å². The van der Waals surface area contributed by atoms with Crippen LogP contribution in [-0.2, 0) is 6.54 Å². The van der Waals surface area contributed by atoms with Gasteiger partial charge in [0.15, 0.2) is 11.5 Å². The first-order valence-corrected chi connectivity index (χ1v) is 8.69. The van der Waals surface area contributed by atoms with Crippen LogP contribution in [0.2, 0.25) is 0 Å². The van der Waals surface area contributed by atoms with Crippen LogP contribution in [0.5, 0.6) is 17.2 Å². The molecule has 0 fully saturated rings. The molecule has 5 heteroatoms. The molecule has 2 rings (SSSR count). The van der Waals surface area contributed by atoms with Crippen molar-refractivity contribution >= 4 is 15.9 Å². The predicted molar refractivity (Wildman–Crippen MR) is 100 cm³/mol. The van der Waals surface area contributed by atoms with Crippen LogP contribution in [0.1, 0.15) is 16.7 Å². The Morgan fingerprint density at radius 3 is 2.21 bits per heavy atom. The van der Waals surface area contributed by atoms with Crippen molar-refractivity contribution in [1.29, 1.82) is 0 Å². The third-order valence-electron chi connectivity index (χ3n) is 3.67. The van der Waals surface area contributed by atoms with Gasteiger partial charge in [-0.15, -0.1) is 0 Å². The SMILES string of the molecule is CNCc1cc(Br)cc(OC)c1OCCOc1c(C)cccc1C. The van der Waals surface area contributed by atoms with Gasteiger partial charge in [0.1, 0.15) is 19.0 Å². The fourth-order valence-electron chi connectivity index (χ4n) is 2.57. The topological polar surface area (TPSA) is 39.7 Å². The minimum Gasteiger partial charge on any atom is -0.493 e. The second kappa shape index (κ2) is 8.94. The van der Waals surface area contributed by atoms with Crippen molar-refractivity contribution in [3.05, 3.63) is 51.5 Å². The molecule has 0 radical (unpaired) electrons. The maximum Gasteiger partial charge on any atom is 0.165 e. The monoisotopic (exact) mass is 393 g/mol. The largest absolute Gasteiger partial charge is 0.493 e. The lowest BCUT2D eigenvalue weighted by Gasteiger charge is -2.17. The van der Waals surface area contributed by atoms with E-state index in [0.717, 1.165) is 32.7 Å². The smallest absolute Gasteiger partial charge is 0.165 e. The summed E-state index contributed by atoms with van der Waals surface area (Å²) in [5.41, 5.74) is 3.30. The fraction of sp³-hybridized carbons (Fsp3) is 0.368. The summed E-state index contributed by atoms with van der Waals surface area (Å²) in [5.74, 6) is 2.39. The number of hydrogen-bond donors (Lipinski definition) is 1. The Labute approximate surface area is 152 Å². The van der Waals surface area contributed by atoms with Crippen LogP contribution in [0.15, 0.2) is 34.8 Å². The number of rotatable bonds is 8. The lowest BCUT2D eigenvalue weighted by Crippen LogP contribution is -2.13. The molecule has 24 heavy (non-hydrogen) atoms. The molecule has 0 aliphatic rings. The Morgan fingerprint density at radius 1 is 1.00 bits per heavy atom. The number of benzene rings is 2. The Morgan fingerprint density at radius 2 is 1.62 bits per heavy atom. The summed E-state index contributed by atoms with van der Waals surface area (Å²) in [6.07, 6.45) is 0. The molecule has 4 nitrogen and oxygen atoms in total. The van der Waals surface area contributed by atoms with Crippen LogP contribution in [0.25, 0.3) is 0 Å². The Hall–Kier alpha value is -1.72. The highest BCUT2D eigenvalue weighted by molar-refractivity contribution is 9.10. The van der Waals surface area contributed by atoms with Crippen LogP contribution < -0.4 is 19.5 Å². The molecule has 0 spiro atoms. The molecular formula is C19H24BrNO3. The standard InChI is InChI=1S/C19H24BrNO3/c1-13-6-5-7-14(2)18(13)23-8-9-24-19-15(12-21-3)10-16(20)11-17(19)22-4/h5-7,10-11,21H,8-9,12H2,1-4H3. The molecule has 2 aromatic rings. The van der Waals surface area contributed by atoms with Crippen LogP contribution in [0.4, 0.5) is 0 Å². The summed E-state index contributed by atoms with van der Waals surface area (Å²) in [4.78, 5) is 0. The van der Waals surface area contributed by atoms with Gasteiger partial charge in [-0.25, -0.2) is 0 Å². The van der Waals surface area contributed by atoms with Crippen molar-refractivity contribution < 1.29 is 14.2 Å². The number of ether oxygens (including phenoxy) is 3. The van der Waals surface area contributed by atoms with E-state index in [9.17, 15) is 0 Å². The maximum atomic E-state index is 5.96. The van der Waals surface area contributed by atoms with Crippen LogP contribution in [0, 0.1) is 13.8 Å². The summed E-state index contributed by atoms with van der Waals surface area (Å²) in [7, 11) is 3.55. The van der Waals surface area contributed by atoms with Gasteiger partial charge in [0.05, 0.1) is 7.11 Å². The number of para-hydroxylation sites is 1. The van der Waals surface area contributed by atoms with Gasteiger partial charge in [-0.3, -0.25) is 0 Å². The highest BCUT2D eigenvalue weighted by Gasteiger charge is 2.12. The van der Waals surface area contributed by atoms with Gasteiger partial charge < -0.3 is 19.5 Å². The van der Waals surface area contributed by atoms with E-state index in [4.69, 9.17) is 14.2 Å². The summed E-state index contributed by atoms with van der Waals surface area (Å²) in [6, 6.07) is 10.1. The summed E-state index contributed by atoms with van der Waals surface area (Å²) in [6.45, 7) is 5.72. The molecule has 0 atom stereocenters. The van der Waals surface area contributed by atoms with E-state index in [2.05, 4.69) is 21.2 Å². The first-order chi connectivity index (χ1) is 11.6. The molecule has 0 aromatic heterocycles. The molecule has 0 saturated carbocycles. The van der Waals surface area contributed by atoms with Crippen LogP contribution in [0.3, 0.4) is 0 Å². The van der Waals surface area contributed by atoms with E-state index in [-0.39, 0.29) is 0 Å². The zero-order chi connectivity index (χ0) is 17.5. The van der Waals surface area contributed by atoms with E-state index in [1.807, 2.05) is 51.2 Å². The molecule has 0 saturated heterocycles. The van der Waals surface area contributed by atoms with E-state index < -0.39 is 0 Å². The second-order valence-corrected chi connectivity index (χ2v) is 6.46. The summed E-state index contributed by atoms with van der Waals surface area (Å²) >= 11 is 3.50. The quantitative estimate of drug-likeness (QED) is 0.680. The lowest BCUT2D eigenvalue weighted by molar-refractivity contribution is 0.208. The van der Waals surface area contributed by atoms with E-state index in [0.29, 0.717) is 25.5 Å². The minimum atomic E-state index is 0.447. The predicted octanol–water partition coefficient (Wildman–Crippen LogP) is 4.25.